The Kier molecular flexibility index (Phi) is 5.68. The second-order valence-electron chi connectivity index (χ2n) is 6.44. The highest BCUT2D eigenvalue weighted by atomic mass is 16.5. The molecule has 1 saturated heterocycles. The highest BCUT2D eigenvalue weighted by molar-refractivity contribution is 5.92. The highest BCUT2D eigenvalue weighted by Crippen LogP contribution is 2.24. The monoisotopic (exact) mass is 357 g/mol. The van der Waals surface area contributed by atoms with E-state index >= 15 is 0 Å². The smallest absolute Gasteiger partial charge is 0.256 e. The summed E-state index contributed by atoms with van der Waals surface area (Å²) in [4.78, 5) is 26.9. The largest absolute Gasteiger partial charge is 0.367 e. The second-order valence-corrected chi connectivity index (χ2v) is 6.44. The highest BCUT2D eigenvalue weighted by Gasteiger charge is 2.31. The number of aromatic nitrogens is 1. The lowest BCUT2D eigenvalue weighted by atomic mass is 9.95. The van der Waals surface area contributed by atoms with Crippen molar-refractivity contribution in [1.29, 1.82) is 0 Å². The average Bonchev–Trinajstić information content (AvgIpc) is 3.08. The third kappa shape index (κ3) is 4.11. The summed E-state index contributed by atoms with van der Waals surface area (Å²) in [6, 6.07) is 11.1. The molecule has 7 heteroatoms. The van der Waals surface area contributed by atoms with Crippen molar-refractivity contribution < 1.29 is 18.8 Å². The van der Waals surface area contributed by atoms with Crippen molar-refractivity contribution >= 4 is 17.6 Å². The van der Waals surface area contributed by atoms with Gasteiger partial charge in [0.1, 0.15) is 5.76 Å². The van der Waals surface area contributed by atoms with Crippen LogP contribution in [-0.2, 0) is 14.3 Å². The number of piperidine rings is 1. The predicted octanol–water partition coefficient (Wildman–Crippen LogP) is 2.55. The summed E-state index contributed by atoms with van der Waals surface area (Å²) < 4.78 is 10.4. The average molecular weight is 357 g/mol. The molecule has 1 aromatic heterocycles. The minimum Gasteiger partial charge on any atom is -0.367 e. The lowest BCUT2D eigenvalue weighted by Crippen LogP contribution is -2.43. The van der Waals surface area contributed by atoms with E-state index in [1.54, 1.807) is 17.9 Å². The van der Waals surface area contributed by atoms with Crippen LogP contribution in [0.5, 0.6) is 0 Å². The number of likely N-dealkylation sites (tertiary alicyclic amines) is 1. The number of carbonyl (C=O) groups excluding carboxylic acids is 2. The molecule has 138 valence electrons. The maximum atomic E-state index is 12.8. The molecule has 26 heavy (non-hydrogen) atoms. The molecule has 3 rings (SSSR count). The van der Waals surface area contributed by atoms with E-state index < -0.39 is 6.10 Å². The van der Waals surface area contributed by atoms with Crippen LogP contribution in [0.1, 0.15) is 30.3 Å². The molecular weight excluding hydrogens is 334 g/mol. The molecule has 0 spiro atoms. The van der Waals surface area contributed by atoms with Crippen molar-refractivity contribution in [1.82, 2.24) is 10.1 Å². The van der Waals surface area contributed by atoms with Crippen LogP contribution in [0.3, 0.4) is 0 Å². The molecule has 1 fully saturated rings. The Bertz CT molecular complexity index is 751. The first-order valence-electron chi connectivity index (χ1n) is 8.69. The fraction of sp³-hybridized carbons (Fsp3) is 0.421. The van der Waals surface area contributed by atoms with Crippen LogP contribution in [0.25, 0.3) is 0 Å². The standard InChI is InChI=1S/C19H23N3O4/c1-13-12-16(21-26-13)20-18(23)15-8-10-22(11-9-15)19(24)17(25-2)14-6-4-3-5-7-14/h3-7,12,15,17H,8-11H2,1-2H3,(H,20,21,23)/t17-/m1/s1. The zero-order valence-electron chi connectivity index (χ0n) is 15.0. The normalized spacial score (nSPS) is 16.3. The van der Waals surface area contributed by atoms with E-state index in [2.05, 4.69) is 10.5 Å². The number of amides is 2. The van der Waals surface area contributed by atoms with Gasteiger partial charge in [-0.15, -0.1) is 0 Å². The van der Waals surface area contributed by atoms with E-state index in [1.165, 1.54) is 7.11 Å². The van der Waals surface area contributed by atoms with Gasteiger partial charge in [-0.3, -0.25) is 9.59 Å². The number of benzene rings is 1. The number of hydrogen-bond donors (Lipinski definition) is 1. The van der Waals surface area contributed by atoms with Gasteiger partial charge in [0.15, 0.2) is 11.9 Å². The predicted molar refractivity (Wildman–Crippen MR) is 95.4 cm³/mol. The third-order valence-electron chi connectivity index (χ3n) is 4.62. The van der Waals surface area contributed by atoms with Gasteiger partial charge in [0.25, 0.3) is 5.91 Å². The molecule has 0 unspecified atom stereocenters. The first-order chi connectivity index (χ1) is 12.6. The van der Waals surface area contributed by atoms with Crippen LogP contribution in [0.4, 0.5) is 5.82 Å². The Labute approximate surface area is 152 Å². The number of carbonyl (C=O) groups is 2. The topological polar surface area (TPSA) is 84.7 Å². The van der Waals surface area contributed by atoms with Gasteiger partial charge >= 0.3 is 0 Å². The quantitative estimate of drug-likeness (QED) is 0.889. The van der Waals surface area contributed by atoms with Gasteiger partial charge < -0.3 is 19.5 Å². The van der Waals surface area contributed by atoms with E-state index in [0.717, 1.165) is 5.56 Å². The van der Waals surface area contributed by atoms with Crippen molar-refractivity contribution in [3.8, 4) is 0 Å². The molecule has 7 nitrogen and oxygen atoms in total. The van der Waals surface area contributed by atoms with Crippen LogP contribution in [-0.4, -0.2) is 42.1 Å². The fourth-order valence-electron chi connectivity index (χ4n) is 3.19. The molecule has 0 saturated carbocycles. The van der Waals surface area contributed by atoms with Gasteiger partial charge in [-0.2, -0.15) is 0 Å². The molecule has 1 aliphatic heterocycles. The first-order valence-corrected chi connectivity index (χ1v) is 8.69. The second kappa shape index (κ2) is 8.14. The molecule has 0 radical (unpaired) electrons. The van der Waals surface area contributed by atoms with Crippen molar-refractivity contribution in [2.75, 3.05) is 25.5 Å². The zero-order chi connectivity index (χ0) is 18.5. The Balaban J connectivity index is 1.55. The van der Waals surface area contributed by atoms with Crippen LogP contribution in [0.15, 0.2) is 40.9 Å². The van der Waals surface area contributed by atoms with Crippen molar-refractivity contribution in [3.63, 3.8) is 0 Å². The number of nitrogens with one attached hydrogen (secondary N) is 1. The summed E-state index contributed by atoms with van der Waals surface area (Å²) >= 11 is 0. The third-order valence-corrected chi connectivity index (χ3v) is 4.62. The molecule has 0 aliphatic carbocycles. The number of rotatable bonds is 5. The lowest BCUT2D eigenvalue weighted by Gasteiger charge is -2.33. The van der Waals surface area contributed by atoms with Gasteiger partial charge in [-0.1, -0.05) is 35.5 Å². The number of ether oxygens (including phenoxy) is 1. The summed E-state index contributed by atoms with van der Waals surface area (Å²) in [7, 11) is 1.54. The molecule has 2 aromatic rings. The minimum atomic E-state index is -0.611. The van der Waals surface area contributed by atoms with Gasteiger partial charge in [-0.25, -0.2) is 0 Å². The van der Waals surface area contributed by atoms with Gasteiger partial charge in [-0.05, 0) is 25.3 Å². The van der Waals surface area contributed by atoms with Crippen LogP contribution in [0, 0.1) is 12.8 Å². The van der Waals surface area contributed by atoms with Crippen molar-refractivity contribution in [2.45, 2.75) is 25.9 Å². The maximum Gasteiger partial charge on any atom is 0.256 e. The Morgan fingerprint density at radius 1 is 1.27 bits per heavy atom. The summed E-state index contributed by atoms with van der Waals surface area (Å²) in [6.45, 7) is 2.83. The Hall–Kier alpha value is -2.67. The number of anilines is 1. The van der Waals surface area contributed by atoms with Gasteiger partial charge in [0.05, 0.1) is 0 Å². The maximum absolute atomic E-state index is 12.8. The first kappa shape index (κ1) is 18.1. The van der Waals surface area contributed by atoms with Gasteiger partial charge in [0, 0.05) is 32.2 Å². The summed E-state index contributed by atoms with van der Waals surface area (Å²) in [5.74, 6) is 0.775. The molecular formula is C19H23N3O4. The summed E-state index contributed by atoms with van der Waals surface area (Å²) in [6.07, 6.45) is 0.610. The molecule has 0 bridgehead atoms. The van der Waals surface area contributed by atoms with E-state index in [1.807, 2.05) is 30.3 Å². The fourth-order valence-corrected chi connectivity index (χ4v) is 3.19. The number of methoxy groups -OCH3 is 1. The van der Waals surface area contributed by atoms with Gasteiger partial charge in [0.2, 0.25) is 5.91 Å². The molecule has 1 aromatic carbocycles. The van der Waals surface area contributed by atoms with Crippen LogP contribution in [0.2, 0.25) is 0 Å². The molecule has 2 amide bonds. The van der Waals surface area contributed by atoms with E-state index in [9.17, 15) is 9.59 Å². The minimum absolute atomic E-state index is 0.0651. The molecule has 1 atom stereocenters. The van der Waals surface area contributed by atoms with Crippen LogP contribution < -0.4 is 5.32 Å². The molecule has 2 heterocycles. The summed E-state index contributed by atoms with van der Waals surface area (Å²) in [5, 5.41) is 6.54. The summed E-state index contributed by atoms with van der Waals surface area (Å²) in [5.41, 5.74) is 0.835. The zero-order valence-corrected chi connectivity index (χ0v) is 15.0. The Morgan fingerprint density at radius 3 is 2.54 bits per heavy atom. The van der Waals surface area contributed by atoms with Crippen LogP contribution >= 0.6 is 0 Å². The molecule has 1 N–H and O–H groups in total. The van der Waals surface area contributed by atoms with Crippen molar-refractivity contribution in [3.05, 3.63) is 47.7 Å². The number of aryl methyl sites for hydroxylation is 1. The number of hydrogen-bond acceptors (Lipinski definition) is 5. The van der Waals surface area contributed by atoms with Crippen molar-refractivity contribution in [2.24, 2.45) is 5.92 Å². The number of nitrogens with zero attached hydrogens (tertiary/aromatic N) is 2. The van der Waals surface area contributed by atoms with E-state index in [4.69, 9.17) is 9.26 Å². The lowest BCUT2D eigenvalue weighted by molar-refractivity contribution is -0.144. The van der Waals surface area contributed by atoms with E-state index in [-0.39, 0.29) is 17.7 Å². The van der Waals surface area contributed by atoms with E-state index in [0.29, 0.717) is 37.5 Å². The SMILES string of the molecule is CO[C@@H](C(=O)N1CCC(C(=O)Nc2cc(C)on2)CC1)c1ccccc1. The molecule has 1 aliphatic rings. The Morgan fingerprint density at radius 2 is 1.96 bits per heavy atom.